The summed E-state index contributed by atoms with van der Waals surface area (Å²) in [5, 5.41) is 0. The maximum Gasteiger partial charge on any atom is 0.333 e. The lowest BCUT2D eigenvalue weighted by molar-refractivity contribution is 0.0327. The monoisotopic (exact) mass is 312 g/mol. The van der Waals surface area contributed by atoms with Crippen LogP contribution in [0.4, 0.5) is 0 Å². The van der Waals surface area contributed by atoms with Gasteiger partial charge in [0.1, 0.15) is 0 Å². The fourth-order valence-electron chi connectivity index (χ4n) is 1.58. The number of benzene rings is 1. The first kappa shape index (κ1) is 18.6. The molecule has 0 aliphatic rings. The van der Waals surface area contributed by atoms with Crippen molar-refractivity contribution in [2.45, 2.75) is 65.6 Å². The van der Waals surface area contributed by atoms with Gasteiger partial charge in [-0.3, -0.25) is 0 Å². The molecule has 0 aliphatic heterocycles. The average molecular weight is 312 g/mol. The predicted molar refractivity (Wildman–Crippen MR) is 89.3 cm³/mol. The van der Waals surface area contributed by atoms with Gasteiger partial charge in [-0.25, -0.2) is 0 Å². The summed E-state index contributed by atoms with van der Waals surface area (Å²) in [6, 6.07) is 10.4. The molecule has 0 fully saturated rings. The lowest BCUT2D eigenvalue weighted by atomic mass is 10.1. The Labute approximate surface area is 131 Å². The van der Waals surface area contributed by atoms with Crippen LogP contribution < -0.4 is 0 Å². The Kier molecular flexibility index (Phi) is 7.29. The van der Waals surface area contributed by atoms with Gasteiger partial charge in [-0.1, -0.05) is 30.3 Å². The molecule has 0 N–H and O–H groups in total. The third-order valence-corrected chi connectivity index (χ3v) is 4.13. The minimum atomic E-state index is -1.32. The second kappa shape index (κ2) is 8.24. The van der Waals surface area contributed by atoms with Crippen LogP contribution >= 0.6 is 8.60 Å². The van der Waals surface area contributed by atoms with E-state index in [0.29, 0.717) is 6.61 Å². The van der Waals surface area contributed by atoms with Crippen molar-refractivity contribution in [1.82, 2.24) is 0 Å². The smallest absolute Gasteiger partial charge is 0.312 e. The van der Waals surface area contributed by atoms with Crippen LogP contribution in [0.15, 0.2) is 30.3 Å². The molecule has 4 heteroatoms. The fourth-order valence-corrected chi connectivity index (χ4v) is 2.89. The zero-order valence-corrected chi connectivity index (χ0v) is 15.1. The van der Waals surface area contributed by atoms with Crippen LogP contribution in [0.1, 0.15) is 53.5 Å². The van der Waals surface area contributed by atoms with Gasteiger partial charge in [-0.05, 0) is 59.9 Å². The van der Waals surface area contributed by atoms with Crippen molar-refractivity contribution in [3.63, 3.8) is 0 Å². The van der Waals surface area contributed by atoms with E-state index in [-0.39, 0.29) is 11.2 Å². The van der Waals surface area contributed by atoms with Gasteiger partial charge >= 0.3 is 8.60 Å². The topological polar surface area (TPSA) is 27.7 Å². The molecular formula is C17H29O3P. The molecule has 0 aromatic heterocycles. The summed E-state index contributed by atoms with van der Waals surface area (Å²) in [4.78, 5) is 0. The van der Waals surface area contributed by atoms with E-state index >= 15 is 0 Å². The second-order valence-corrected chi connectivity index (χ2v) is 8.12. The van der Waals surface area contributed by atoms with Gasteiger partial charge in [0.25, 0.3) is 0 Å². The quantitative estimate of drug-likeness (QED) is 0.492. The number of rotatable bonds is 7. The van der Waals surface area contributed by atoms with Gasteiger partial charge in [0.2, 0.25) is 0 Å². The van der Waals surface area contributed by atoms with E-state index in [9.17, 15) is 0 Å². The highest BCUT2D eigenvalue weighted by Gasteiger charge is 2.26. The van der Waals surface area contributed by atoms with Crippen molar-refractivity contribution in [2.75, 3.05) is 6.61 Å². The van der Waals surface area contributed by atoms with Gasteiger partial charge in [-0.15, -0.1) is 0 Å². The van der Waals surface area contributed by atoms with Crippen LogP contribution in [0.25, 0.3) is 0 Å². The van der Waals surface area contributed by atoms with E-state index in [1.807, 2.05) is 47.6 Å². The summed E-state index contributed by atoms with van der Waals surface area (Å²) in [6.45, 7) is 12.7. The summed E-state index contributed by atoms with van der Waals surface area (Å²) in [7, 11) is -1.32. The van der Waals surface area contributed by atoms with E-state index in [1.54, 1.807) is 0 Å². The molecule has 1 aromatic rings. The Hall–Kier alpha value is -0.470. The molecule has 0 heterocycles. The maximum atomic E-state index is 5.89. The Morgan fingerprint density at radius 3 is 1.86 bits per heavy atom. The van der Waals surface area contributed by atoms with E-state index < -0.39 is 8.60 Å². The number of aryl methyl sites for hydroxylation is 1. The van der Waals surface area contributed by atoms with E-state index in [0.717, 1.165) is 12.8 Å². The van der Waals surface area contributed by atoms with Crippen LogP contribution in [0.2, 0.25) is 0 Å². The molecule has 120 valence electrons. The largest absolute Gasteiger partial charge is 0.333 e. The van der Waals surface area contributed by atoms with Gasteiger partial charge in [0.15, 0.2) is 0 Å². The van der Waals surface area contributed by atoms with Gasteiger partial charge in [0.05, 0.1) is 17.8 Å². The lowest BCUT2D eigenvalue weighted by Gasteiger charge is -2.30. The highest BCUT2D eigenvalue weighted by atomic mass is 31.2. The molecule has 0 saturated heterocycles. The standard InChI is InChI=1S/C17H29O3P/c1-16(2,3)19-21(20-17(4,5)6)18-14-10-13-15-11-8-7-9-12-15/h7-9,11-12H,10,13-14H2,1-6H3. The number of hydrogen-bond acceptors (Lipinski definition) is 3. The average Bonchev–Trinajstić information content (AvgIpc) is 2.32. The zero-order valence-electron chi connectivity index (χ0n) is 14.2. The third-order valence-electron chi connectivity index (χ3n) is 2.35. The van der Waals surface area contributed by atoms with Crippen molar-refractivity contribution >= 4 is 8.60 Å². The maximum absolute atomic E-state index is 5.89. The molecule has 0 bridgehead atoms. The van der Waals surface area contributed by atoms with E-state index in [2.05, 4.69) is 24.3 Å². The van der Waals surface area contributed by atoms with Crippen LogP contribution in [0.5, 0.6) is 0 Å². The normalized spacial score (nSPS) is 12.9. The summed E-state index contributed by atoms with van der Waals surface area (Å²) in [5.41, 5.74) is 0.797. The highest BCUT2D eigenvalue weighted by Crippen LogP contribution is 2.47. The lowest BCUT2D eigenvalue weighted by Crippen LogP contribution is -2.22. The Bertz CT molecular complexity index is 377. The van der Waals surface area contributed by atoms with Crippen molar-refractivity contribution in [3.8, 4) is 0 Å². The van der Waals surface area contributed by atoms with Crippen LogP contribution in [0, 0.1) is 0 Å². The first-order valence-electron chi connectivity index (χ1n) is 7.51. The van der Waals surface area contributed by atoms with Crippen molar-refractivity contribution in [1.29, 1.82) is 0 Å². The zero-order chi connectivity index (χ0) is 15.9. The SMILES string of the molecule is CC(C)(C)OP(OCCCc1ccccc1)OC(C)(C)C. The van der Waals surface area contributed by atoms with E-state index in [4.69, 9.17) is 13.6 Å². The molecule has 0 radical (unpaired) electrons. The fraction of sp³-hybridized carbons (Fsp3) is 0.647. The summed E-state index contributed by atoms with van der Waals surface area (Å²) in [6.07, 6.45) is 1.97. The molecular weight excluding hydrogens is 283 g/mol. The summed E-state index contributed by atoms with van der Waals surface area (Å²) < 4.78 is 17.6. The second-order valence-electron chi connectivity index (χ2n) is 7.05. The van der Waals surface area contributed by atoms with Crippen LogP contribution in [0.3, 0.4) is 0 Å². The van der Waals surface area contributed by atoms with E-state index in [1.165, 1.54) is 5.56 Å². The molecule has 0 atom stereocenters. The highest BCUT2D eigenvalue weighted by molar-refractivity contribution is 7.41. The molecule has 0 spiro atoms. The van der Waals surface area contributed by atoms with Gasteiger partial charge < -0.3 is 13.6 Å². The van der Waals surface area contributed by atoms with Crippen molar-refractivity contribution < 1.29 is 13.6 Å². The Morgan fingerprint density at radius 1 is 0.857 bits per heavy atom. The molecule has 0 aliphatic carbocycles. The van der Waals surface area contributed by atoms with Crippen molar-refractivity contribution in [2.24, 2.45) is 0 Å². The molecule has 1 aromatic carbocycles. The molecule has 0 unspecified atom stereocenters. The molecule has 3 nitrogen and oxygen atoms in total. The first-order valence-corrected chi connectivity index (χ1v) is 8.60. The Morgan fingerprint density at radius 2 is 1.38 bits per heavy atom. The van der Waals surface area contributed by atoms with Crippen LogP contribution in [-0.4, -0.2) is 17.8 Å². The molecule has 1 rings (SSSR count). The third kappa shape index (κ3) is 9.97. The molecule has 0 saturated carbocycles. The first-order chi connectivity index (χ1) is 9.66. The minimum absolute atomic E-state index is 0.267. The van der Waals surface area contributed by atoms with Gasteiger partial charge in [-0.2, -0.15) is 0 Å². The van der Waals surface area contributed by atoms with Crippen molar-refractivity contribution in [3.05, 3.63) is 35.9 Å². The number of hydrogen-bond donors (Lipinski definition) is 0. The summed E-state index contributed by atoms with van der Waals surface area (Å²) >= 11 is 0. The minimum Gasteiger partial charge on any atom is -0.312 e. The molecule has 0 amide bonds. The van der Waals surface area contributed by atoms with Gasteiger partial charge in [0, 0.05) is 0 Å². The Balaban J connectivity index is 2.38. The molecule has 21 heavy (non-hydrogen) atoms. The van der Waals surface area contributed by atoms with Crippen LogP contribution in [-0.2, 0) is 20.0 Å². The summed E-state index contributed by atoms with van der Waals surface area (Å²) in [5.74, 6) is 0. The predicted octanol–water partition coefficient (Wildman–Crippen LogP) is 5.49.